The summed E-state index contributed by atoms with van der Waals surface area (Å²) in [5.74, 6) is 3.93. The number of nitrogens with zero attached hydrogens (tertiary/aromatic N) is 10. The maximum Gasteiger partial charge on any atom is 0.326 e. The minimum absolute atomic E-state index is 0.110. The molecule has 1 aliphatic rings. The Morgan fingerprint density at radius 2 is 0.880 bits per heavy atom. The molecule has 25 heteroatoms. The van der Waals surface area contributed by atoms with Crippen molar-refractivity contribution in [2.24, 2.45) is 28.2 Å². The van der Waals surface area contributed by atoms with Crippen molar-refractivity contribution in [3.05, 3.63) is 231 Å². The molecule has 108 heavy (non-hydrogen) atoms. The number of aromatic nitrogens is 14. The lowest BCUT2D eigenvalue weighted by Crippen LogP contribution is -2.31. The van der Waals surface area contributed by atoms with Gasteiger partial charge in [0.25, 0.3) is 0 Å². The summed E-state index contributed by atoms with van der Waals surface area (Å²) in [4.78, 5) is 82.1. The Kier molecular flexibility index (Phi) is 17.6. The quantitative estimate of drug-likeness (QED) is 0.0944. The van der Waals surface area contributed by atoms with Gasteiger partial charge in [-0.05, 0) is 218 Å². The smallest absolute Gasteiger partial charge is 0.326 e. The molecule has 0 saturated carbocycles. The molecule has 11 aromatic heterocycles. The number of aryl methyl sites for hydroxylation is 16. The van der Waals surface area contributed by atoms with Gasteiger partial charge >= 0.3 is 22.8 Å². The zero-order valence-electron chi connectivity index (χ0n) is 62.9. The van der Waals surface area contributed by atoms with Crippen molar-refractivity contribution >= 4 is 66.6 Å². The van der Waals surface area contributed by atoms with Crippen molar-refractivity contribution in [1.82, 2.24) is 68.8 Å². The molecule has 17 aromatic rings. The monoisotopic (exact) mass is 1450 g/mol. The van der Waals surface area contributed by atoms with Gasteiger partial charge in [0.15, 0.2) is 0 Å². The van der Waals surface area contributed by atoms with Crippen LogP contribution < -0.4 is 27.7 Å². The van der Waals surface area contributed by atoms with Gasteiger partial charge < -0.3 is 56.9 Å². The Labute approximate surface area is 616 Å². The topological polar surface area (TPSA) is 317 Å². The van der Waals surface area contributed by atoms with Gasteiger partial charge in [-0.2, -0.15) is 0 Å². The van der Waals surface area contributed by atoms with E-state index in [-0.39, 0.29) is 28.7 Å². The van der Waals surface area contributed by atoms with Crippen LogP contribution in [0.5, 0.6) is 0 Å². The average Bonchev–Trinajstić information content (AvgIpc) is 1.49. The molecule has 18 rings (SSSR count). The molecule has 0 saturated heterocycles. The van der Waals surface area contributed by atoms with Crippen molar-refractivity contribution in [1.29, 1.82) is 0 Å². The summed E-state index contributed by atoms with van der Waals surface area (Å²) in [6, 6.07) is 32.4. The summed E-state index contributed by atoms with van der Waals surface area (Å²) in [5, 5.41) is 17.3. The largest absolute Gasteiger partial charge is 0.469 e. The third-order valence-corrected chi connectivity index (χ3v) is 20.9. The van der Waals surface area contributed by atoms with Crippen LogP contribution in [0.2, 0.25) is 0 Å². The number of amides is 1. The van der Waals surface area contributed by atoms with E-state index in [4.69, 9.17) is 22.5 Å². The van der Waals surface area contributed by atoms with Crippen molar-refractivity contribution < 1.29 is 27.3 Å². The Hall–Kier alpha value is -13.3. The molecular formula is C83H79N15O10. The first-order chi connectivity index (χ1) is 51.6. The Balaban J connectivity index is 0.000000115. The van der Waals surface area contributed by atoms with Gasteiger partial charge in [-0.15, -0.1) is 0 Å². The minimum Gasteiger partial charge on any atom is -0.469 e. The van der Waals surface area contributed by atoms with Gasteiger partial charge in [0.05, 0.1) is 84.4 Å². The first kappa shape index (κ1) is 70.3. The van der Waals surface area contributed by atoms with Crippen molar-refractivity contribution in [3.8, 4) is 89.1 Å². The van der Waals surface area contributed by atoms with Crippen molar-refractivity contribution in [3.63, 3.8) is 0 Å². The zero-order chi connectivity index (χ0) is 76.3. The third-order valence-electron chi connectivity index (χ3n) is 20.9. The molecular weight excluding hydrogens is 1370 g/mol. The van der Waals surface area contributed by atoms with Crippen LogP contribution in [0.15, 0.2) is 157 Å². The number of anilines is 1. The van der Waals surface area contributed by atoms with Crippen LogP contribution in [0.1, 0.15) is 80.3 Å². The molecule has 0 unspecified atom stereocenters. The zero-order valence-corrected chi connectivity index (χ0v) is 62.9. The number of furan rings is 1. The van der Waals surface area contributed by atoms with E-state index in [0.29, 0.717) is 12.8 Å². The lowest BCUT2D eigenvalue weighted by atomic mass is 9.89. The molecule has 25 nitrogen and oxygen atoms in total. The average molecular weight is 1450 g/mol. The number of imidazole rings is 4. The highest BCUT2D eigenvalue weighted by atomic mass is 16.5. The molecule has 6 aromatic carbocycles. The van der Waals surface area contributed by atoms with Crippen LogP contribution in [-0.2, 0) is 39.4 Å². The fraction of sp³-hybridized carbons (Fsp3) is 0.229. The molecule has 5 N–H and O–H groups in total. The highest BCUT2D eigenvalue weighted by Gasteiger charge is 2.28. The molecule has 12 heterocycles. The summed E-state index contributed by atoms with van der Waals surface area (Å²) < 4.78 is 34.0. The van der Waals surface area contributed by atoms with E-state index in [1.54, 1.807) is 59.3 Å². The van der Waals surface area contributed by atoms with Gasteiger partial charge in [0.2, 0.25) is 5.91 Å². The standard InChI is InChI=1S/C23H20N4O2.C22H20N4O3.C19H20N4O2.C19H19N3O3/c1-12-7-8-18-16(6-5-9-24-18)20(12)17-10-15(21-13(2)26-29-14(21)3)11-19-22(17)27(4)23(28)25-19;1-11-20(12(2)29-25-11)13-9-16(21-17(10-13)23-22(28)24-21)14-5-4-6-18-15(14)7-8-19(27)26(18)3;1-10-6-7-22(4)17(10)14-8-13(16-11(2)21-25-12(16)3)9-15-18(14)23(5)19(24)20-15;1-9-8-24-11(3)16(9)14-6-13(17-10(2)21-25-12(17)4)7-15-18(14)22(5)19(23)20-15/h5-11H,1-4H3,(H,25,28);4-6,9-10H,7-8H2,1-3H3,(H2,23,24,28);6-9H,1-5H3,(H,20,24);6-8H,1-5H3,(H,20,23). The van der Waals surface area contributed by atoms with E-state index in [0.717, 1.165) is 224 Å². The van der Waals surface area contributed by atoms with E-state index < -0.39 is 0 Å². The predicted molar refractivity (Wildman–Crippen MR) is 418 cm³/mol. The predicted octanol–water partition coefficient (Wildman–Crippen LogP) is 15.8. The minimum atomic E-state index is -0.255. The second-order valence-corrected chi connectivity index (χ2v) is 27.9. The molecule has 1 amide bonds. The highest BCUT2D eigenvalue weighted by Crippen LogP contribution is 2.44. The molecule has 0 bridgehead atoms. The highest BCUT2D eigenvalue weighted by molar-refractivity contribution is 6.07. The Morgan fingerprint density at radius 1 is 0.407 bits per heavy atom. The van der Waals surface area contributed by atoms with E-state index in [2.05, 4.69) is 111 Å². The number of carbonyl (C=O) groups excluding carboxylic acids is 1. The van der Waals surface area contributed by atoms with Crippen LogP contribution in [0.3, 0.4) is 0 Å². The molecule has 0 spiro atoms. The summed E-state index contributed by atoms with van der Waals surface area (Å²) in [6.07, 6.45) is 6.70. The number of hydrogen-bond acceptors (Lipinski definition) is 15. The van der Waals surface area contributed by atoms with E-state index in [1.165, 1.54) is 0 Å². The number of pyridine rings is 1. The lowest BCUT2D eigenvalue weighted by Gasteiger charge is -2.27. The van der Waals surface area contributed by atoms with Crippen LogP contribution >= 0.6 is 0 Å². The van der Waals surface area contributed by atoms with Crippen LogP contribution in [0, 0.1) is 83.1 Å². The lowest BCUT2D eigenvalue weighted by molar-refractivity contribution is -0.118. The second kappa shape index (κ2) is 27.0. The number of H-pyrrole nitrogens is 5. The molecule has 0 fully saturated rings. The van der Waals surface area contributed by atoms with E-state index >= 15 is 0 Å². The molecule has 0 radical (unpaired) electrons. The summed E-state index contributed by atoms with van der Waals surface area (Å²) >= 11 is 0. The SMILES string of the molecule is Cc1ccc2ncccc2c1-c1cc(-c2c(C)noc2C)cc2[nH]c(=O)n(C)c12.Cc1ccn(C)c1-c1cc(-c2c(C)noc2C)cc2[nH]c(=O)n(C)c12.Cc1coc(C)c1-c1cc(-c2c(C)noc2C)cc2[nH]c(=O)n(C)c12.Cc1noc(C)c1-c1cc(-c2cccc3c2CCC(=O)N3C)c2[nH]c(=O)[nH]c2c1. The first-order valence-corrected chi connectivity index (χ1v) is 35.2. The normalized spacial score (nSPS) is 12.2. The number of nitrogens with one attached hydrogen (secondary N) is 5. The number of fused-ring (bicyclic) bond motifs is 6. The molecule has 0 aliphatic carbocycles. The van der Waals surface area contributed by atoms with Gasteiger partial charge in [0.1, 0.15) is 28.8 Å². The number of carbonyl (C=O) groups is 1. The summed E-state index contributed by atoms with van der Waals surface area (Å²) in [7, 11) is 9.17. The van der Waals surface area contributed by atoms with Gasteiger partial charge in [-0.25, -0.2) is 19.2 Å². The fourth-order valence-corrected chi connectivity index (χ4v) is 15.8. The van der Waals surface area contributed by atoms with Gasteiger partial charge in [0, 0.05) is 115 Å². The summed E-state index contributed by atoms with van der Waals surface area (Å²) in [6.45, 7) is 23.3. The van der Waals surface area contributed by atoms with Gasteiger partial charge in [-0.1, -0.05) is 44.9 Å². The summed E-state index contributed by atoms with van der Waals surface area (Å²) in [5.41, 5.74) is 31.0. The number of hydrogen-bond donors (Lipinski definition) is 5. The molecule has 546 valence electrons. The number of aromatic amines is 5. The van der Waals surface area contributed by atoms with Crippen LogP contribution in [0.25, 0.3) is 144 Å². The van der Waals surface area contributed by atoms with Crippen LogP contribution in [-0.4, -0.2) is 81.8 Å². The second-order valence-electron chi connectivity index (χ2n) is 27.9. The maximum absolute atomic E-state index is 12.5. The Bertz CT molecular complexity index is 6460. The molecule has 0 atom stereocenters. The van der Waals surface area contributed by atoms with Crippen molar-refractivity contribution in [2.45, 2.75) is 95.9 Å². The van der Waals surface area contributed by atoms with Crippen LogP contribution in [0.4, 0.5) is 5.69 Å². The maximum atomic E-state index is 12.5. The third kappa shape index (κ3) is 11.9. The van der Waals surface area contributed by atoms with E-state index in [9.17, 15) is 24.0 Å². The Morgan fingerprint density at radius 3 is 1.34 bits per heavy atom. The molecule has 1 aliphatic heterocycles. The number of benzene rings is 6. The fourth-order valence-electron chi connectivity index (χ4n) is 15.8. The van der Waals surface area contributed by atoms with E-state index in [1.807, 2.05) is 137 Å². The first-order valence-electron chi connectivity index (χ1n) is 35.2. The number of rotatable bonds is 8. The van der Waals surface area contributed by atoms with Crippen molar-refractivity contribution in [2.75, 3.05) is 11.9 Å². The van der Waals surface area contributed by atoms with Gasteiger partial charge in [-0.3, -0.25) is 23.5 Å².